The summed E-state index contributed by atoms with van der Waals surface area (Å²) in [7, 11) is 1.76. The number of aryl methyl sites for hydroxylation is 1. The van der Waals surface area contributed by atoms with Crippen molar-refractivity contribution in [3.05, 3.63) is 28.8 Å². The number of hydrogen-bond donors (Lipinski definition) is 2. The van der Waals surface area contributed by atoms with Crippen LogP contribution in [0.2, 0.25) is 0 Å². The van der Waals surface area contributed by atoms with Gasteiger partial charge in [0.1, 0.15) is 5.75 Å². The van der Waals surface area contributed by atoms with Gasteiger partial charge in [-0.25, -0.2) is 0 Å². The van der Waals surface area contributed by atoms with Crippen LogP contribution in [0.3, 0.4) is 0 Å². The molecular formula is C16H24N2O. The first-order valence-electron chi connectivity index (χ1n) is 7.29. The molecule has 3 atom stereocenters. The highest BCUT2D eigenvalue weighted by Gasteiger charge is 2.56. The first-order chi connectivity index (χ1) is 9.19. The fraction of sp³-hybridized carbons (Fsp3) is 0.625. The third kappa shape index (κ3) is 1.96. The quantitative estimate of drug-likeness (QED) is 0.646. The lowest BCUT2D eigenvalue weighted by Gasteiger charge is -2.22. The van der Waals surface area contributed by atoms with Crippen molar-refractivity contribution in [2.24, 2.45) is 23.6 Å². The molecule has 0 saturated heterocycles. The zero-order chi connectivity index (χ0) is 13.6. The molecule has 104 valence electrons. The molecule has 0 aliphatic heterocycles. The normalized spacial score (nSPS) is 30.0. The summed E-state index contributed by atoms with van der Waals surface area (Å²) < 4.78 is 5.64. The Morgan fingerprint density at radius 1 is 1.26 bits per heavy atom. The van der Waals surface area contributed by atoms with Gasteiger partial charge in [-0.3, -0.25) is 11.3 Å². The molecule has 0 heterocycles. The molecule has 3 unspecified atom stereocenters. The lowest BCUT2D eigenvalue weighted by Crippen LogP contribution is -2.31. The highest BCUT2D eigenvalue weighted by molar-refractivity contribution is 5.47. The van der Waals surface area contributed by atoms with Crippen LogP contribution < -0.4 is 16.0 Å². The van der Waals surface area contributed by atoms with E-state index in [9.17, 15) is 0 Å². The van der Waals surface area contributed by atoms with Crippen molar-refractivity contribution in [1.29, 1.82) is 0 Å². The number of ether oxygens (including phenoxy) is 1. The fourth-order valence-corrected chi connectivity index (χ4v) is 4.11. The van der Waals surface area contributed by atoms with Gasteiger partial charge in [0.2, 0.25) is 0 Å². The maximum Gasteiger partial charge on any atom is 0.126 e. The largest absolute Gasteiger partial charge is 0.496 e. The molecule has 0 amide bonds. The Labute approximate surface area is 115 Å². The fourth-order valence-electron chi connectivity index (χ4n) is 4.11. The second-order valence-corrected chi connectivity index (χ2v) is 6.11. The van der Waals surface area contributed by atoms with Crippen LogP contribution in [0.1, 0.15) is 42.0 Å². The minimum absolute atomic E-state index is 0.240. The number of hydrazine groups is 1. The molecular weight excluding hydrogens is 236 g/mol. The molecule has 0 spiro atoms. The van der Waals surface area contributed by atoms with Gasteiger partial charge < -0.3 is 4.74 Å². The van der Waals surface area contributed by atoms with Gasteiger partial charge in [-0.2, -0.15) is 0 Å². The van der Waals surface area contributed by atoms with Crippen molar-refractivity contribution in [3.8, 4) is 5.75 Å². The average molecular weight is 260 g/mol. The summed E-state index contributed by atoms with van der Waals surface area (Å²) in [5, 5.41) is 0. The molecule has 3 rings (SSSR count). The molecule has 2 aliphatic carbocycles. The van der Waals surface area contributed by atoms with E-state index in [1.807, 2.05) is 0 Å². The topological polar surface area (TPSA) is 47.3 Å². The molecule has 0 radical (unpaired) electrons. The highest BCUT2D eigenvalue weighted by atomic mass is 16.5. The predicted octanol–water partition coefficient (Wildman–Crippen LogP) is 2.86. The second-order valence-electron chi connectivity index (χ2n) is 6.11. The molecule has 0 bridgehead atoms. The van der Waals surface area contributed by atoms with E-state index in [4.69, 9.17) is 10.6 Å². The standard InChI is InChI=1S/C16H24N2O/c1-9-7-8-13(16(19-3)10(9)2)15(18-17)14-11-5-4-6-12(11)14/h7-8,11-12,14-15,18H,4-6,17H2,1-3H3. The minimum atomic E-state index is 0.240. The van der Waals surface area contributed by atoms with Crippen LogP contribution in [0.4, 0.5) is 0 Å². The Hall–Kier alpha value is -1.06. The summed E-state index contributed by atoms with van der Waals surface area (Å²) in [5.41, 5.74) is 6.78. The van der Waals surface area contributed by atoms with Crippen LogP contribution in [-0.2, 0) is 0 Å². The zero-order valence-corrected chi connectivity index (χ0v) is 12.1. The van der Waals surface area contributed by atoms with Crippen molar-refractivity contribution in [3.63, 3.8) is 0 Å². The van der Waals surface area contributed by atoms with Gasteiger partial charge in [0.15, 0.2) is 0 Å². The minimum Gasteiger partial charge on any atom is -0.496 e. The lowest BCUT2D eigenvalue weighted by atomic mass is 9.93. The van der Waals surface area contributed by atoms with Gasteiger partial charge in [-0.05, 0) is 55.6 Å². The molecule has 1 aromatic rings. The number of fused-ring (bicyclic) bond motifs is 1. The molecule has 3 nitrogen and oxygen atoms in total. The Kier molecular flexibility index (Phi) is 3.27. The van der Waals surface area contributed by atoms with Crippen molar-refractivity contribution >= 4 is 0 Å². The van der Waals surface area contributed by atoms with Gasteiger partial charge in [0, 0.05) is 5.56 Å². The lowest BCUT2D eigenvalue weighted by molar-refractivity contribution is 0.375. The van der Waals surface area contributed by atoms with Crippen molar-refractivity contribution in [1.82, 2.24) is 5.43 Å². The van der Waals surface area contributed by atoms with E-state index in [0.29, 0.717) is 5.92 Å². The molecule has 19 heavy (non-hydrogen) atoms. The molecule has 0 aromatic heterocycles. The Morgan fingerprint density at radius 3 is 2.53 bits per heavy atom. The number of rotatable bonds is 4. The van der Waals surface area contributed by atoms with Crippen molar-refractivity contribution < 1.29 is 4.74 Å². The summed E-state index contributed by atoms with van der Waals surface area (Å²) in [6, 6.07) is 4.60. The second kappa shape index (κ2) is 4.80. The molecule has 3 heteroatoms. The van der Waals surface area contributed by atoms with E-state index < -0.39 is 0 Å². The van der Waals surface area contributed by atoms with E-state index in [2.05, 4.69) is 31.4 Å². The maximum atomic E-state index is 5.86. The predicted molar refractivity (Wildman–Crippen MR) is 76.9 cm³/mol. The van der Waals surface area contributed by atoms with Crippen molar-refractivity contribution in [2.75, 3.05) is 7.11 Å². The Balaban J connectivity index is 1.94. The first-order valence-corrected chi connectivity index (χ1v) is 7.29. The molecule has 1 aromatic carbocycles. The average Bonchev–Trinajstić information content (AvgIpc) is 2.87. The summed E-state index contributed by atoms with van der Waals surface area (Å²) in [6.45, 7) is 4.25. The van der Waals surface area contributed by atoms with Gasteiger partial charge in [-0.1, -0.05) is 18.6 Å². The van der Waals surface area contributed by atoms with Crippen LogP contribution in [0.5, 0.6) is 5.75 Å². The van der Waals surface area contributed by atoms with Gasteiger partial charge in [0.05, 0.1) is 13.2 Å². The number of nitrogens with two attached hydrogens (primary N) is 1. The third-order valence-electron chi connectivity index (χ3n) is 5.28. The van der Waals surface area contributed by atoms with E-state index in [1.165, 1.54) is 36.0 Å². The molecule has 2 fully saturated rings. The Morgan fingerprint density at radius 2 is 1.95 bits per heavy atom. The zero-order valence-electron chi connectivity index (χ0n) is 12.1. The molecule has 2 aliphatic rings. The monoisotopic (exact) mass is 260 g/mol. The van der Waals surface area contributed by atoms with Crippen LogP contribution in [0.15, 0.2) is 12.1 Å². The first kappa shape index (κ1) is 12.9. The highest BCUT2D eigenvalue weighted by Crippen LogP contribution is 2.62. The van der Waals surface area contributed by atoms with Crippen LogP contribution in [0, 0.1) is 31.6 Å². The SMILES string of the molecule is COc1c(C(NN)C2C3CCCC32)ccc(C)c1C. The number of nitrogens with one attached hydrogen (secondary N) is 1. The van der Waals surface area contributed by atoms with Gasteiger partial charge in [0.25, 0.3) is 0 Å². The van der Waals surface area contributed by atoms with Gasteiger partial charge >= 0.3 is 0 Å². The van der Waals surface area contributed by atoms with Crippen LogP contribution in [0.25, 0.3) is 0 Å². The number of benzene rings is 1. The number of methoxy groups -OCH3 is 1. The molecule has 2 saturated carbocycles. The maximum absolute atomic E-state index is 5.86. The summed E-state index contributed by atoms with van der Waals surface area (Å²) in [5.74, 6) is 9.33. The van der Waals surface area contributed by atoms with Crippen LogP contribution >= 0.6 is 0 Å². The summed E-state index contributed by atoms with van der Waals surface area (Å²) >= 11 is 0. The molecule has 3 N–H and O–H groups in total. The van der Waals surface area contributed by atoms with E-state index in [-0.39, 0.29) is 6.04 Å². The number of hydrogen-bond acceptors (Lipinski definition) is 3. The van der Waals surface area contributed by atoms with Crippen LogP contribution in [-0.4, -0.2) is 7.11 Å². The van der Waals surface area contributed by atoms with E-state index in [0.717, 1.165) is 17.6 Å². The van der Waals surface area contributed by atoms with Gasteiger partial charge in [-0.15, -0.1) is 0 Å². The van der Waals surface area contributed by atoms with E-state index in [1.54, 1.807) is 7.11 Å². The van der Waals surface area contributed by atoms with Crippen molar-refractivity contribution in [2.45, 2.75) is 39.2 Å². The summed E-state index contributed by atoms with van der Waals surface area (Å²) in [4.78, 5) is 0. The Bertz CT molecular complexity index is 476. The smallest absolute Gasteiger partial charge is 0.126 e. The van der Waals surface area contributed by atoms with E-state index >= 15 is 0 Å². The summed E-state index contributed by atoms with van der Waals surface area (Å²) in [6.07, 6.45) is 4.15. The third-order valence-corrected chi connectivity index (χ3v) is 5.28.